The van der Waals surface area contributed by atoms with Crippen LogP contribution in [0.4, 0.5) is 0 Å². The van der Waals surface area contributed by atoms with Gasteiger partial charge in [0.05, 0.1) is 6.04 Å². The third-order valence-corrected chi connectivity index (χ3v) is 2.90. The fourth-order valence-corrected chi connectivity index (χ4v) is 1.71. The molecule has 0 aromatic carbocycles. The van der Waals surface area contributed by atoms with Crippen LogP contribution in [0.2, 0.25) is 0 Å². The Morgan fingerprint density at radius 1 is 1.62 bits per heavy atom. The SMILES string of the molecule is CCC1(C)N=C(N)NC(N2N=CCC2C)=N1. The van der Waals surface area contributed by atoms with Gasteiger partial charge in [-0.1, -0.05) is 6.92 Å². The van der Waals surface area contributed by atoms with Gasteiger partial charge in [-0.25, -0.2) is 15.0 Å². The van der Waals surface area contributed by atoms with Crippen molar-refractivity contribution in [2.24, 2.45) is 20.8 Å². The highest BCUT2D eigenvalue weighted by molar-refractivity contribution is 6.00. The van der Waals surface area contributed by atoms with E-state index in [1.807, 2.05) is 25.1 Å². The van der Waals surface area contributed by atoms with Gasteiger partial charge < -0.3 is 5.73 Å². The van der Waals surface area contributed by atoms with Gasteiger partial charge in [0.25, 0.3) is 0 Å². The fraction of sp³-hybridized carbons (Fsp3) is 0.700. The molecule has 0 aliphatic carbocycles. The molecule has 0 saturated heterocycles. The van der Waals surface area contributed by atoms with Gasteiger partial charge >= 0.3 is 0 Å². The Kier molecular flexibility index (Phi) is 2.57. The summed E-state index contributed by atoms with van der Waals surface area (Å²) in [5, 5.41) is 9.10. The van der Waals surface area contributed by atoms with Crippen LogP contribution in [0, 0.1) is 0 Å². The summed E-state index contributed by atoms with van der Waals surface area (Å²) in [7, 11) is 0. The van der Waals surface area contributed by atoms with Gasteiger partial charge in [0.15, 0.2) is 11.6 Å². The summed E-state index contributed by atoms with van der Waals surface area (Å²) >= 11 is 0. The van der Waals surface area contributed by atoms with E-state index in [1.165, 1.54) is 0 Å². The standard InChI is InChI=1S/C10H18N6/c1-4-10(3)14-8(11)13-9(15-10)16-7(2)5-6-12-16/h6-7H,4-5H2,1-3H3,(H3,11,13,14,15). The molecule has 16 heavy (non-hydrogen) atoms. The molecule has 0 bridgehead atoms. The molecule has 2 unspecified atom stereocenters. The number of rotatable bonds is 1. The largest absolute Gasteiger partial charge is 0.370 e. The first-order valence-electron chi connectivity index (χ1n) is 5.58. The Labute approximate surface area is 95.3 Å². The van der Waals surface area contributed by atoms with Crippen molar-refractivity contribution < 1.29 is 0 Å². The van der Waals surface area contributed by atoms with Crippen LogP contribution >= 0.6 is 0 Å². The molecule has 2 heterocycles. The molecule has 0 aromatic rings. The molecule has 6 heteroatoms. The van der Waals surface area contributed by atoms with Crippen LogP contribution < -0.4 is 11.1 Å². The van der Waals surface area contributed by atoms with Crippen molar-refractivity contribution in [3.05, 3.63) is 0 Å². The molecule has 3 N–H and O–H groups in total. The Bertz CT molecular complexity index is 372. The number of nitrogens with two attached hydrogens (primary N) is 1. The van der Waals surface area contributed by atoms with Gasteiger partial charge in [-0.3, -0.25) is 5.32 Å². The van der Waals surface area contributed by atoms with Crippen molar-refractivity contribution in [1.82, 2.24) is 10.3 Å². The monoisotopic (exact) mass is 222 g/mol. The molecule has 2 rings (SSSR count). The first-order valence-corrected chi connectivity index (χ1v) is 5.58. The zero-order chi connectivity index (χ0) is 11.8. The number of nitrogens with zero attached hydrogens (tertiary/aromatic N) is 4. The quantitative estimate of drug-likeness (QED) is 0.676. The maximum Gasteiger partial charge on any atom is 0.224 e. The number of hydrogen-bond donors (Lipinski definition) is 2. The van der Waals surface area contributed by atoms with Crippen LogP contribution in [0.3, 0.4) is 0 Å². The second-order valence-corrected chi connectivity index (χ2v) is 4.36. The van der Waals surface area contributed by atoms with Crippen LogP contribution in [-0.2, 0) is 0 Å². The smallest absolute Gasteiger partial charge is 0.224 e. The van der Waals surface area contributed by atoms with E-state index in [4.69, 9.17) is 5.73 Å². The summed E-state index contributed by atoms with van der Waals surface area (Å²) in [6, 6.07) is 0.318. The maximum absolute atomic E-state index is 5.77. The molecule has 0 amide bonds. The highest BCUT2D eigenvalue weighted by atomic mass is 15.6. The van der Waals surface area contributed by atoms with Crippen LogP contribution in [0.5, 0.6) is 0 Å². The molecule has 6 nitrogen and oxygen atoms in total. The number of guanidine groups is 2. The summed E-state index contributed by atoms with van der Waals surface area (Å²) in [4.78, 5) is 8.86. The minimum absolute atomic E-state index is 0.318. The lowest BCUT2D eigenvalue weighted by Gasteiger charge is -2.30. The van der Waals surface area contributed by atoms with E-state index in [9.17, 15) is 0 Å². The highest BCUT2D eigenvalue weighted by Crippen LogP contribution is 2.21. The topological polar surface area (TPSA) is 78.4 Å². The summed E-state index contributed by atoms with van der Waals surface area (Å²) in [5.41, 5.74) is 5.30. The van der Waals surface area contributed by atoms with Crippen molar-refractivity contribution in [2.75, 3.05) is 0 Å². The van der Waals surface area contributed by atoms with Crippen molar-refractivity contribution in [3.8, 4) is 0 Å². The van der Waals surface area contributed by atoms with E-state index in [0.717, 1.165) is 12.8 Å². The average molecular weight is 222 g/mol. The molecular weight excluding hydrogens is 204 g/mol. The van der Waals surface area contributed by atoms with Gasteiger partial charge in [0.2, 0.25) is 5.96 Å². The van der Waals surface area contributed by atoms with Crippen molar-refractivity contribution >= 4 is 18.1 Å². The van der Waals surface area contributed by atoms with Crippen LogP contribution in [0.15, 0.2) is 15.1 Å². The van der Waals surface area contributed by atoms with Crippen molar-refractivity contribution in [2.45, 2.75) is 45.3 Å². The normalized spacial score (nSPS) is 33.4. The summed E-state index contributed by atoms with van der Waals surface area (Å²) in [6.07, 6.45) is 3.63. The third-order valence-electron chi connectivity index (χ3n) is 2.90. The lowest BCUT2D eigenvalue weighted by Crippen LogP contribution is -2.51. The minimum atomic E-state index is -0.470. The van der Waals surface area contributed by atoms with Gasteiger partial charge in [-0.05, 0) is 20.3 Å². The average Bonchev–Trinajstić information content (AvgIpc) is 2.63. The summed E-state index contributed by atoms with van der Waals surface area (Å²) < 4.78 is 0. The van der Waals surface area contributed by atoms with E-state index in [2.05, 4.69) is 27.3 Å². The Morgan fingerprint density at radius 3 is 2.94 bits per heavy atom. The molecule has 0 spiro atoms. The molecule has 2 aliphatic heterocycles. The second-order valence-electron chi connectivity index (χ2n) is 4.36. The molecule has 88 valence electrons. The lowest BCUT2D eigenvalue weighted by molar-refractivity contribution is 0.358. The second kappa shape index (κ2) is 3.77. The molecular formula is C10H18N6. The molecule has 0 radical (unpaired) electrons. The maximum atomic E-state index is 5.77. The zero-order valence-corrected chi connectivity index (χ0v) is 9.94. The van der Waals surface area contributed by atoms with E-state index in [0.29, 0.717) is 18.0 Å². The van der Waals surface area contributed by atoms with Crippen molar-refractivity contribution in [1.29, 1.82) is 0 Å². The Hall–Kier alpha value is -1.59. The Balaban J connectivity index is 2.26. The van der Waals surface area contributed by atoms with E-state index in [-0.39, 0.29) is 0 Å². The van der Waals surface area contributed by atoms with E-state index in [1.54, 1.807) is 0 Å². The first-order chi connectivity index (χ1) is 7.54. The van der Waals surface area contributed by atoms with Crippen molar-refractivity contribution in [3.63, 3.8) is 0 Å². The summed E-state index contributed by atoms with van der Waals surface area (Å²) in [6.45, 7) is 6.10. The predicted molar refractivity (Wildman–Crippen MR) is 65.3 cm³/mol. The first kappa shape index (κ1) is 10.9. The van der Waals surface area contributed by atoms with E-state index < -0.39 is 5.66 Å². The number of hydrogen-bond acceptors (Lipinski definition) is 6. The third kappa shape index (κ3) is 1.87. The lowest BCUT2D eigenvalue weighted by atomic mass is 10.1. The molecule has 0 fully saturated rings. The molecule has 0 aromatic heterocycles. The highest BCUT2D eigenvalue weighted by Gasteiger charge is 2.30. The summed E-state index contributed by atoms with van der Waals surface area (Å²) in [5.74, 6) is 1.10. The number of aliphatic imine (C=N–C) groups is 2. The number of nitrogens with one attached hydrogen (secondary N) is 1. The van der Waals surface area contributed by atoms with Crippen LogP contribution in [0.25, 0.3) is 0 Å². The van der Waals surface area contributed by atoms with Gasteiger partial charge in [0.1, 0.15) is 0 Å². The van der Waals surface area contributed by atoms with Crippen LogP contribution in [-0.4, -0.2) is 34.8 Å². The number of hydrazone groups is 1. The van der Waals surface area contributed by atoms with Gasteiger partial charge in [-0.2, -0.15) is 5.10 Å². The fourth-order valence-electron chi connectivity index (χ4n) is 1.71. The Morgan fingerprint density at radius 2 is 2.38 bits per heavy atom. The van der Waals surface area contributed by atoms with Gasteiger partial charge in [-0.15, -0.1) is 0 Å². The predicted octanol–water partition coefficient (Wildman–Crippen LogP) is 0.467. The van der Waals surface area contributed by atoms with Gasteiger partial charge in [0, 0.05) is 12.6 Å². The molecule has 2 atom stereocenters. The molecule has 0 saturated carbocycles. The van der Waals surface area contributed by atoms with Crippen LogP contribution in [0.1, 0.15) is 33.6 Å². The van der Waals surface area contributed by atoms with E-state index >= 15 is 0 Å². The minimum Gasteiger partial charge on any atom is -0.370 e. The molecule has 2 aliphatic rings. The zero-order valence-electron chi connectivity index (χ0n) is 9.94.